The Labute approximate surface area is 197 Å². The van der Waals surface area contributed by atoms with E-state index in [1.165, 1.54) is 38.2 Å². The monoisotopic (exact) mass is 461 g/mol. The van der Waals surface area contributed by atoms with Gasteiger partial charge in [-0.3, -0.25) is 4.79 Å². The summed E-state index contributed by atoms with van der Waals surface area (Å²) in [6.45, 7) is 1.04. The first-order chi connectivity index (χ1) is 16.7. The van der Waals surface area contributed by atoms with Crippen molar-refractivity contribution in [3.63, 3.8) is 0 Å². The van der Waals surface area contributed by atoms with Gasteiger partial charge in [0.1, 0.15) is 12.4 Å². The lowest BCUT2D eigenvalue weighted by molar-refractivity contribution is -0.111. The molecule has 2 heterocycles. The Morgan fingerprint density at radius 1 is 1.15 bits per heavy atom. The lowest BCUT2D eigenvalue weighted by Gasteiger charge is -2.26. The van der Waals surface area contributed by atoms with E-state index < -0.39 is 6.10 Å². The van der Waals surface area contributed by atoms with Crippen LogP contribution in [0.4, 0.5) is 5.69 Å². The van der Waals surface area contributed by atoms with Crippen LogP contribution < -0.4 is 19.5 Å². The van der Waals surface area contributed by atoms with E-state index in [1.807, 2.05) is 24.3 Å². The number of aromatic nitrogens is 4. The molecule has 1 amide bonds. The second-order valence-electron chi connectivity index (χ2n) is 8.54. The molecule has 0 saturated heterocycles. The van der Waals surface area contributed by atoms with Gasteiger partial charge in [-0.25, -0.2) is 5.10 Å². The van der Waals surface area contributed by atoms with Crippen LogP contribution in [0.2, 0.25) is 0 Å². The molecule has 0 bridgehead atoms. The molecule has 1 fully saturated rings. The van der Waals surface area contributed by atoms with Crippen molar-refractivity contribution in [2.45, 2.75) is 38.2 Å². The van der Waals surface area contributed by atoms with Gasteiger partial charge in [-0.2, -0.15) is 0 Å². The summed E-state index contributed by atoms with van der Waals surface area (Å²) in [5.41, 5.74) is 1.42. The van der Waals surface area contributed by atoms with E-state index in [-0.39, 0.29) is 12.5 Å². The van der Waals surface area contributed by atoms with Gasteiger partial charge in [0, 0.05) is 6.08 Å². The summed E-state index contributed by atoms with van der Waals surface area (Å²) < 4.78 is 17.7. The molecule has 1 atom stereocenters. The molecule has 9 heteroatoms. The van der Waals surface area contributed by atoms with E-state index >= 15 is 0 Å². The van der Waals surface area contributed by atoms with E-state index in [0.29, 0.717) is 28.9 Å². The van der Waals surface area contributed by atoms with Crippen LogP contribution in [-0.4, -0.2) is 39.7 Å². The molecule has 1 aliphatic heterocycles. The smallest absolute Gasteiger partial charge is 0.248 e. The summed E-state index contributed by atoms with van der Waals surface area (Å²) in [4.78, 5) is 12.6. The van der Waals surface area contributed by atoms with Crippen LogP contribution in [0.1, 0.15) is 49.6 Å². The molecule has 2 aromatic carbocycles. The number of rotatable bonds is 7. The normalized spacial score (nSPS) is 18.1. The highest BCUT2D eigenvalue weighted by Crippen LogP contribution is 2.41. The van der Waals surface area contributed by atoms with Crippen LogP contribution in [-0.2, 0) is 4.79 Å². The van der Waals surface area contributed by atoms with Crippen LogP contribution in [0, 0.1) is 5.92 Å². The molecule has 0 spiro atoms. The molecule has 2 aliphatic rings. The van der Waals surface area contributed by atoms with Crippen LogP contribution in [0.25, 0.3) is 6.08 Å². The van der Waals surface area contributed by atoms with Gasteiger partial charge in [-0.1, -0.05) is 37.5 Å². The zero-order valence-corrected chi connectivity index (χ0v) is 18.8. The van der Waals surface area contributed by atoms with Crippen molar-refractivity contribution in [1.82, 2.24) is 20.6 Å². The summed E-state index contributed by atoms with van der Waals surface area (Å²) in [6.07, 6.45) is 9.24. The van der Waals surface area contributed by atoms with Gasteiger partial charge in [0.25, 0.3) is 0 Å². The Kier molecular flexibility index (Phi) is 6.69. The average Bonchev–Trinajstić information content (AvgIpc) is 3.43. The number of H-pyrrole nitrogens is 1. The number of anilines is 1. The Morgan fingerprint density at radius 2 is 2.00 bits per heavy atom. The van der Waals surface area contributed by atoms with E-state index in [9.17, 15) is 4.79 Å². The molecular weight excluding hydrogens is 434 g/mol. The van der Waals surface area contributed by atoms with Gasteiger partial charge in [0.15, 0.2) is 23.4 Å². The minimum Gasteiger partial charge on any atom is -0.493 e. The van der Waals surface area contributed by atoms with Crippen molar-refractivity contribution in [2.24, 2.45) is 5.92 Å². The van der Waals surface area contributed by atoms with Gasteiger partial charge >= 0.3 is 0 Å². The highest BCUT2D eigenvalue weighted by Gasteiger charge is 2.27. The zero-order valence-electron chi connectivity index (χ0n) is 18.8. The lowest BCUT2D eigenvalue weighted by atomic mass is 9.90. The predicted molar refractivity (Wildman–Crippen MR) is 126 cm³/mol. The van der Waals surface area contributed by atoms with Crippen molar-refractivity contribution in [2.75, 3.05) is 18.5 Å². The molecule has 0 radical (unpaired) electrons. The Bertz CT molecular complexity index is 1120. The first-order valence-corrected chi connectivity index (χ1v) is 11.6. The van der Waals surface area contributed by atoms with Crippen molar-refractivity contribution >= 4 is 17.7 Å². The third-order valence-electron chi connectivity index (χ3n) is 6.07. The molecule has 1 saturated carbocycles. The molecule has 176 valence electrons. The first kappa shape index (κ1) is 21.9. The third kappa shape index (κ3) is 5.36. The summed E-state index contributed by atoms with van der Waals surface area (Å²) in [6, 6.07) is 13.1. The molecule has 3 aromatic rings. The number of tetrazole rings is 1. The number of ether oxygens (including phenoxy) is 3. The number of para-hydroxylation sites is 1. The summed E-state index contributed by atoms with van der Waals surface area (Å²) in [7, 11) is 0. The van der Waals surface area contributed by atoms with E-state index in [1.54, 1.807) is 24.3 Å². The SMILES string of the molecule is O=C(/C=C/c1ccc(OCC2CCCCC2)cc1)Nc1cccc2c1OC(c1nnn[nH]1)CO2. The van der Waals surface area contributed by atoms with E-state index in [0.717, 1.165) is 17.9 Å². The largest absolute Gasteiger partial charge is 0.493 e. The second kappa shape index (κ2) is 10.4. The number of aromatic amines is 1. The highest BCUT2D eigenvalue weighted by atomic mass is 16.6. The standard InChI is InChI=1S/C25H27N5O4/c31-23(14-11-17-9-12-19(13-10-17)32-15-18-5-2-1-3-6-18)26-20-7-4-8-21-24(20)34-22(16-33-21)25-27-29-30-28-25/h4,7-14,18,22H,1-3,5-6,15-16H2,(H,26,31)(H,27,28,29,30)/b14-11+. The fourth-order valence-corrected chi connectivity index (χ4v) is 4.22. The minimum absolute atomic E-state index is 0.265. The van der Waals surface area contributed by atoms with Crippen molar-refractivity contribution in [1.29, 1.82) is 0 Å². The fourth-order valence-electron chi connectivity index (χ4n) is 4.22. The lowest BCUT2D eigenvalue weighted by Crippen LogP contribution is -2.24. The fraction of sp³-hybridized carbons (Fsp3) is 0.360. The molecule has 2 N–H and O–H groups in total. The maximum Gasteiger partial charge on any atom is 0.248 e. The van der Waals surface area contributed by atoms with E-state index in [2.05, 4.69) is 25.9 Å². The number of amides is 1. The number of benzene rings is 2. The Hall–Kier alpha value is -3.88. The van der Waals surface area contributed by atoms with Crippen LogP contribution >= 0.6 is 0 Å². The highest BCUT2D eigenvalue weighted by molar-refractivity contribution is 6.03. The molecule has 34 heavy (non-hydrogen) atoms. The first-order valence-electron chi connectivity index (χ1n) is 11.6. The number of carbonyl (C=O) groups is 1. The molecule has 1 unspecified atom stereocenters. The van der Waals surface area contributed by atoms with Gasteiger partial charge < -0.3 is 19.5 Å². The van der Waals surface area contributed by atoms with Crippen LogP contribution in [0.3, 0.4) is 0 Å². The van der Waals surface area contributed by atoms with Gasteiger partial charge in [0.2, 0.25) is 5.91 Å². The second-order valence-corrected chi connectivity index (χ2v) is 8.54. The number of fused-ring (bicyclic) bond motifs is 1. The number of nitrogens with zero attached hydrogens (tertiary/aromatic N) is 3. The third-order valence-corrected chi connectivity index (χ3v) is 6.07. The summed E-state index contributed by atoms with van der Waals surface area (Å²) >= 11 is 0. The maximum absolute atomic E-state index is 12.6. The Balaban J connectivity index is 1.17. The number of carbonyl (C=O) groups excluding carboxylic acids is 1. The molecule has 9 nitrogen and oxygen atoms in total. The van der Waals surface area contributed by atoms with Gasteiger partial charge in [-0.05, 0) is 65.1 Å². The van der Waals surface area contributed by atoms with Gasteiger partial charge in [0.05, 0.1) is 12.3 Å². The molecule has 1 aliphatic carbocycles. The summed E-state index contributed by atoms with van der Waals surface area (Å²) in [5, 5.41) is 16.6. The number of hydrogen-bond acceptors (Lipinski definition) is 7. The van der Waals surface area contributed by atoms with Crippen LogP contribution in [0.5, 0.6) is 17.2 Å². The quantitative estimate of drug-likeness (QED) is 0.504. The van der Waals surface area contributed by atoms with Crippen molar-refractivity contribution < 1.29 is 19.0 Å². The molecular formula is C25H27N5O4. The topological polar surface area (TPSA) is 111 Å². The average molecular weight is 462 g/mol. The number of nitrogens with one attached hydrogen (secondary N) is 2. The summed E-state index contributed by atoms with van der Waals surface area (Å²) in [5.74, 6) is 2.69. The molecule has 1 aromatic heterocycles. The van der Waals surface area contributed by atoms with Crippen molar-refractivity contribution in [3.05, 3.63) is 59.9 Å². The van der Waals surface area contributed by atoms with Crippen molar-refractivity contribution in [3.8, 4) is 17.2 Å². The van der Waals surface area contributed by atoms with Gasteiger partial charge in [-0.15, -0.1) is 5.10 Å². The predicted octanol–water partition coefficient (Wildman–Crippen LogP) is 4.32. The Morgan fingerprint density at radius 3 is 2.79 bits per heavy atom. The molecule has 5 rings (SSSR count). The van der Waals surface area contributed by atoms with E-state index in [4.69, 9.17) is 14.2 Å². The maximum atomic E-state index is 12.6. The minimum atomic E-state index is -0.491. The zero-order chi connectivity index (χ0) is 23.2. The van der Waals surface area contributed by atoms with Crippen LogP contribution in [0.15, 0.2) is 48.5 Å². The number of hydrogen-bond donors (Lipinski definition) is 2.